The van der Waals surface area contributed by atoms with E-state index in [0.29, 0.717) is 6.04 Å². The monoisotopic (exact) mass is 302 g/mol. The lowest BCUT2D eigenvalue weighted by molar-refractivity contribution is 0.406. The molecule has 1 aliphatic rings. The number of methoxy groups -OCH3 is 1. The van der Waals surface area contributed by atoms with Crippen LogP contribution in [0, 0.1) is 0 Å². The molecule has 2 atom stereocenters. The number of benzene rings is 1. The first-order chi connectivity index (χ1) is 10.1. The maximum atomic E-state index is 6.21. The minimum absolute atomic E-state index is 0.0489. The minimum atomic E-state index is -0.0489. The van der Waals surface area contributed by atoms with E-state index in [2.05, 4.69) is 35.4 Å². The zero-order valence-electron chi connectivity index (χ0n) is 12.8. The molecule has 21 heavy (non-hydrogen) atoms. The molecule has 1 aromatic heterocycles. The van der Waals surface area contributed by atoms with Crippen molar-refractivity contribution in [1.29, 1.82) is 0 Å². The summed E-state index contributed by atoms with van der Waals surface area (Å²) in [7, 11) is 1.71. The largest absolute Gasteiger partial charge is 0.496 e. The summed E-state index contributed by atoms with van der Waals surface area (Å²) in [6, 6.07) is 8.79. The second-order valence-electron chi connectivity index (χ2n) is 5.60. The highest BCUT2D eigenvalue weighted by Crippen LogP contribution is 2.41. The Kier molecular flexibility index (Phi) is 3.91. The lowest BCUT2D eigenvalue weighted by Gasteiger charge is -2.37. The third-order valence-corrected chi connectivity index (χ3v) is 5.30. The Morgan fingerprint density at radius 1 is 1.38 bits per heavy atom. The average Bonchev–Trinajstić information content (AvgIpc) is 2.96. The lowest BCUT2D eigenvalue weighted by Crippen LogP contribution is -2.34. The number of fused-ring (bicyclic) bond motifs is 1. The zero-order valence-corrected chi connectivity index (χ0v) is 13.6. The van der Waals surface area contributed by atoms with Gasteiger partial charge in [-0.2, -0.15) is 0 Å². The quantitative estimate of drug-likeness (QED) is 0.934. The first-order valence-corrected chi connectivity index (χ1v) is 8.26. The molecule has 0 saturated heterocycles. The van der Waals surface area contributed by atoms with Gasteiger partial charge < -0.3 is 15.4 Å². The van der Waals surface area contributed by atoms with Gasteiger partial charge in [-0.1, -0.05) is 6.07 Å². The van der Waals surface area contributed by atoms with E-state index < -0.39 is 0 Å². The van der Waals surface area contributed by atoms with Gasteiger partial charge in [0.1, 0.15) is 5.75 Å². The Bertz CT molecular complexity index is 635. The van der Waals surface area contributed by atoms with Crippen LogP contribution in [-0.2, 0) is 6.42 Å². The fourth-order valence-electron chi connectivity index (χ4n) is 3.26. The van der Waals surface area contributed by atoms with Crippen LogP contribution in [-0.4, -0.2) is 13.7 Å². The molecule has 3 rings (SSSR count). The number of nitrogens with zero attached hydrogens (tertiary/aromatic N) is 1. The maximum Gasteiger partial charge on any atom is 0.125 e. The van der Waals surface area contributed by atoms with Crippen LogP contribution in [0.25, 0.3) is 0 Å². The topological polar surface area (TPSA) is 38.5 Å². The summed E-state index contributed by atoms with van der Waals surface area (Å²) in [5.41, 5.74) is 9.97. The van der Waals surface area contributed by atoms with Gasteiger partial charge in [0, 0.05) is 28.7 Å². The molecule has 2 N–H and O–H groups in total. The maximum absolute atomic E-state index is 6.21. The van der Waals surface area contributed by atoms with Crippen molar-refractivity contribution >= 4 is 17.0 Å². The third-order valence-electron chi connectivity index (χ3n) is 4.31. The summed E-state index contributed by atoms with van der Waals surface area (Å²) in [6.45, 7) is 5.32. The molecule has 0 radical (unpaired) electrons. The molecule has 0 saturated carbocycles. The predicted molar refractivity (Wildman–Crippen MR) is 89.4 cm³/mol. The molecule has 1 aliphatic heterocycles. The Hall–Kier alpha value is -1.52. The Morgan fingerprint density at radius 2 is 2.19 bits per heavy atom. The normalized spacial score (nSPS) is 19.2. The molecule has 2 aromatic rings. The summed E-state index contributed by atoms with van der Waals surface area (Å²) >= 11 is 1.87. The standard InChI is InChI=1S/C17H22N2OS/c1-11(18)17-14(5-4-6-15(17)20-3)19-9-7-16-13(12(19)2)8-10-21-16/h4-6,8,10-12H,7,9,18H2,1-3H3/t11-,12?/m1/s1. The van der Waals surface area contributed by atoms with Gasteiger partial charge in [-0.05, 0) is 49.4 Å². The molecule has 112 valence electrons. The van der Waals surface area contributed by atoms with Crippen LogP contribution in [0.1, 0.15) is 41.9 Å². The smallest absolute Gasteiger partial charge is 0.125 e. The Balaban J connectivity index is 2.05. The fourth-order valence-corrected chi connectivity index (χ4v) is 4.22. The molecule has 0 amide bonds. The van der Waals surface area contributed by atoms with E-state index in [-0.39, 0.29) is 6.04 Å². The van der Waals surface area contributed by atoms with Crippen molar-refractivity contribution in [2.24, 2.45) is 5.73 Å². The summed E-state index contributed by atoms with van der Waals surface area (Å²) in [6.07, 6.45) is 1.10. The number of ether oxygens (including phenoxy) is 1. The van der Waals surface area contributed by atoms with Crippen molar-refractivity contribution in [3.63, 3.8) is 0 Å². The highest BCUT2D eigenvalue weighted by atomic mass is 32.1. The van der Waals surface area contributed by atoms with E-state index in [1.165, 1.54) is 16.1 Å². The van der Waals surface area contributed by atoms with Gasteiger partial charge in [0.2, 0.25) is 0 Å². The van der Waals surface area contributed by atoms with Gasteiger partial charge in [0.25, 0.3) is 0 Å². The first kappa shape index (κ1) is 14.4. The van der Waals surface area contributed by atoms with E-state index in [1.54, 1.807) is 7.11 Å². The number of thiophene rings is 1. The van der Waals surface area contributed by atoms with E-state index in [9.17, 15) is 0 Å². The number of hydrogen-bond acceptors (Lipinski definition) is 4. The molecule has 4 heteroatoms. The van der Waals surface area contributed by atoms with E-state index in [4.69, 9.17) is 10.5 Å². The summed E-state index contributed by atoms with van der Waals surface area (Å²) in [5.74, 6) is 0.880. The van der Waals surface area contributed by atoms with E-state index >= 15 is 0 Å². The summed E-state index contributed by atoms with van der Waals surface area (Å²) in [5, 5.41) is 2.20. The number of hydrogen-bond donors (Lipinski definition) is 1. The van der Waals surface area contributed by atoms with Crippen molar-refractivity contribution in [2.45, 2.75) is 32.4 Å². The highest BCUT2D eigenvalue weighted by Gasteiger charge is 2.28. The predicted octanol–water partition coefficient (Wildman–Crippen LogP) is 3.90. The van der Waals surface area contributed by atoms with Crippen LogP contribution in [0.2, 0.25) is 0 Å². The molecule has 1 unspecified atom stereocenters. The van der Waals surface area contributed by atoms with Crippen molar-refractivity contribution in [3.8, 4) is 5.75 Å². The Labute approximate surface area is 130 Å². The fraction of sp³-hybridized carbons (Fsp3) is 0.412. The second-order valence-corrected chi connectivity index (χ2v) is 6.60. The molecule has 3 nitrogen and oxygen atoms in total. The summed E-state index contributed by atoms with van der Waals surface area (Å²) < 4.78 is 5.52. The molecular formula is C17H22N2OS. The second kappa shape index (κ2) is 5.70. The van der Waals surface area contributed by atoms with Crippen molar-refractivity contribution in [3.05, 3.63) is 45.6 Å². The number of rotatable bonds is 3. The van der Waals surface area contributed by atoms with Crippen molar-refractivity contribution < 1.29 is 4.74 Å². The van der Waals surface area contributed by atoms with Crippen LogP contribution in [0.15, 0.2) is 29.6 Å². The number of nitrogens with two attached hydrogens (primary N) is 1. The minimum Gasteiger partial charge on any atom is -0.496 e. The van der Waals surface area contributed by atoms with Crippen LogP contribution >= 0.6 is 11.3 Å². The molecule has 0 fully saturated rings. The van der Waals surface area contributed by atoms with Crippen molar-refractivity contribution in [1.82, 2.24) is 0 Å². The van der Waals surface area contributed by atoms with Crippen molar-refractivity contribution in [2.75, 3.05) is 18.6 Å². The van der Waals surface area contributed by atoms with Crippen LogP contribution in [0.4, 0.5) is 5.69 Å². The summed E-state index contributed by atoms with van der Waals surface area (Å²) in [4.78, 5) is 3.97. The molecule has 0 aliphatic carbocycles. The molecule has 0 spiro atoms. The first-order valence-electron chi connectivity index (χ1n) is 7.39. The van der Waals surface area contributed by atoms with Crippen LogP contribution < -0.4 is 15.4 Å². The molecule has 1 aromatic carbocycles. The van der Waals surface area contributed by atoms with E-state index in [1.807, 2.05) is 24.3 Å². The van der Waals surface area contributed by atoms with Gasteiger partial charge in [-0.15, -0.1) is 11.3 Å². The van der Waals surface area contributed by atoms with Crippen LogP contribution in [0.5, 0.6) is 5.75 Å². The van der Waals surface area contributed by atoms with Gasteiger partial charge in [-0.3, -0.25) is 0 Å². The van der Waals surface area contributed by atoms with Gasteiger partial charge in [0.15, 0.2) is 0 Å². The van der Waals surface area contributed by atoms with E-state index in [0.717, 1.165) is 24.3 Å². The SMILES string of the molecule is COc1cccc(N2CCc3sccc3C2C)c1[C@@H](C)N. The highest BCUT2D eigenvalue weighted by molar-refractivity contribution is 7.10. The third kappa shape index (κ3) is 2.43. The van der Waals surface area contributed by atoms with Gasteiger partial charge >= 0.3 is 0 Å². The van der Waals surface area contributed by atoms with Gasteiger partial charge in [0.05, 0.1) is 13.2 Å². The van der Waals surface area contributed by atoms with Crippen LogP contribution in [0.3, 0.4) is 0 Å². The molecule has 2 heterocycles. The Morgan fingerprint density at radius 3 is 2.90 bits per heavy atom. The lowest BCUT2D eigenvalue weighted by atomic mass is 9.97. The number of anilines is 1. The zero-order chi connectivity index (χ0) is 15.0. The molecular weight excluding hydrogens is 280 g/mol. The average molecular weight is 302 g/mol. The molecule has 0 bridgehead atoms. The van der Waals surface area contributed by atoms with Gasteiger partial charge in [-0.25, -0.2) is 0 Å².